The maximum atomic E-state index is 12.2. The van der Waals surface area contributed by atoms with Gasteiger partial charge in [0, 0.05) is 25.0 Å². The first kappa shape index (κ1) is 15.1. The number of benzene rings is 1. The first-order chi connectivity index (χ1) is 10.1. The van der Waals surface area contributed by atoms with Crippen molar-refractivity contribution < 1.29 is 4.79 Å². The molecule has 2 rings (SSSR count). The van der Waals surface area contributed by atoms with Crippen LogP contribution in [0.4, 0.5) is 5.69 Å². The molecule has 1 aliphatic heterocycles. The number of anilines is 1. The Kier molecular flexibility index (Phi) is 4.99. The molecule has 1 saturated heterocycles. The van der Waals surface area contributed by atoms with Crippen molar-refractivity contribution in [3.8, 4) is 6.07 Å². The van der Waals surface area contributed by atoms with Crippen LogP contribution in [0.1, 0.15) is 30.4 Å². The fourth-order valence-electron chi connectivity index (χ4n) is 2.51. The van der Waals surface area contributed by atoms with Crippen molar-refractivity contribution in [2.24, 2.45) is 0 Å². The van der Waals surface area contributed by atoms with Crippen molar-refractivity contribution in [1.29, 1.82) is 5.26 Å². The topological polar surface area (TPSA) is 56.1 Å². The minimum absolute atomic E-state index is 0.164. The predicted molar refractivity (Wildman–Crippen MR) is 83.7 cm³/mol. The van der Waals surface area contributed by atoms with Crippen molar-refractivity contribution in [1.82, 2.24) is 4.90 Å². The van der Waals surface area contributed by atoms with Crippen molar-refractivity contribution >= 4 is 11.6 Å². The van der Waals surface area contributed by atoms with Crippen molar-refractivity contribution in [3.05, 3.63) is 41.1 Å². The molecule has 0 saturated carbocycles. The fraction of sp³-hybridized carbons (Fsp3) is 0.412. The predicted octanol–water partition coefficient (Wildman–Crippen LogP) is 3.14. The lowest BCUT2D eigenvalue weighted by Gasteiger charge is -2.25. The summed E-state index contributed by atoms with van der Waals surface area (Å²) in [6, 6.07) is 7.84. The number of piperidine rings is 1. The smallest absolute Gasteiger partial charge is 0.267 e. The molecule has 0 unspecified atom stereocenters. The van der Waals surface area contributed by atoms with Gasteiger partial charge in [-0.15, -0.1) is 0 Å². The van der Waals surface area contributed by atoms with Crippen molar-refractivity contribution in [2.75, 3.05) is 18.4 Å². The Morgan fingerprint density at radius 2 is 2.00 bits per heavy atom. The van der Waals surface area contributed by atoms with Gasteiger partial charge in [-0.25, -0.2) is 0 Å². The number of likely N-dealkylation sites (tertiary alicyclic amines) is 1. The number of amides is 1. The number of nitrogens with zero attached hydrogens (tertiary/aromatic N) is 2. The molecule has 4 nitrogen and oxygen atoms in total. The summed E-state index contributed by atoms with van der Waals surface area (Å²) in [5, 5.41) is 12.0. The lowest BCUT2D eigenvalue weighted by atomic mass is 10.1. The second kappa shape index (κ2) is 6.94. The Morgan fingerprint density at radius 3 is 2.62 bits per heavy atom. The SMILES string of the molecule is Cc1ccc(NC(=O)/C(C#N)=C\N2CCCCC2)c(C)c1. The molecular formula is C17H21N3O. The van der Waals surface area contributed by atoms with Crippen LogP contribution in [0.5, 0.6) is 0 Å². The number of hydrogen-bond acceptors (Lipinski definition) is 3. The molecule has 0 atom stereocenters. The number of rotatable bonds is 3. The van der Waals surface area contributed by atoms with Crippen LogP contribution in [0.2, 0.25) is 0 Å². The van der Waals surface area contributed by atoms with Gasteiger partial charge in [-0.1, -0.05) is 17.7 Å². The summed E-state index contributed by atoms with van der Waals surface area (Å²) in [5.74, 6) is -0.338. The third kappa shape index (κ3) is 4.09. The second-order valence-electron chi connectivity index (χ2n) is 5.52. The molecule has 0 radical (unpaired) electrons. The largest absolute Gasteiger partial charge is 0.376 e. The summed E-state index contributed by atoms with van der Waals surface area (Å²) < 4.78 is 0. The lowest BCUT2D eigenvalue weighted by Crippen LogP contribution is -2.26. The molecular weight excluding hydrogens is 262 g/mol. The Labute approximate surface area is 126 Å². The maximum absolute atomic E-state index is 12.2. The van der Waals surface area contributed by atoms with Gasteiger partial charge in [-0.3, -0.25) is 4.79 Å². The van der Waals surface area contributed by atoms with Crippen LogP contribution in [0.25, 0.3) is 0 Å². The van der Waals surface area contributed by atoms with Crippen LogP contribution in [0.15, 0.2) is 30.0 Å². The molecule has 0 aromatic heterocycles. The summed E-state index contributed by atoms with van der Waals surface area (Å²) in [4.78, 5) is 14.3. The van der Waals surface area contributed by atoms with Gasteiger partial charge in [0.25, 0.3) is 5.91 Å². The van der Waals surface area contributed by atoms with Gasteiger partial charge in [0.15, 0.2) is 0 Å². The highest BCUT2D eigenvalue weighted by Crippen LogP contribution is 2.17. The molecule has 1 aliphatic rings. The van der Waals surface area contributed by atoms with Crippen molar-refractivity contribution in [3.63, 3.8) is 0 Å². The van der Waals surface area contributed by atoms with Gasteiger partial charge in [0.05, 0.1) is 0 Å². The maximum Gasteiger partial charge on any atom is 0.267 e. The molecule has 1 aromatic carbocycles. The van der Waals surface area contributed by atoms with Crippen LogP contribution in [0.3, 0.4) is 0 Å². The van der Waals surface area contributed by atoms with Gasteiger partial charge >= 0.3 is 0 Å². The number of nitrogens with one attached hydrogen (secondary N) is 1. The first-order valence-corrected chi connectivity index (χ1v) is 7.35. The van der Waals surface area contributed by atoms with Gasteiger partial charge in [-0.05, 0) is 44.7 Å². The quantitative estimate of drug-likeness (QED) is 0.685. The number of aryl methyl sites for hydroxylation is 2. The van der Waals surface area contributed by atoms with Crippen LogP contribution in [0, 0.1) is 25.2 Å². The zero-order valence-electron chi connectivity index (χ0n) is 12.6. The molecule has 1 aromatic rings. The minimum atomic E-state index is -0.338. The van der Waals surface area contributed by atoms with E-state index in [-0.39, 0.29) is 11.5 Å². The average Bonchev–Trinajstić information content (AvgIpc) is 2.48. The molecule has 4 heteroatoms. The van der Waals surface area contributed by atoms with Gasteiger partial charge < -0.3 is 10.2 Å². The van der Waals surface area contributed by atoms with Crippen LogP contribution in [-0.2, 0) is 4.79 Å². The van der Waals surface area contributed by atoms with Gasteiger partial charge in [0.1, 0.15) is 11.6 Å². The number of carbonyl (C=O) groups is 1. The van der Waals surface area contributed by atoms with Gasteiger partial charge in [0.2, 0.25) is 0 Å². The number of hydrogen-bond donors (Lipinski definition) is 1. The normalized spacial score (nSPS) is 15.5. The number of nitriles is 1. The van der Waals surface area contributed by atoms with E-state index in [0.717, 1.165) is 42.7 Å². The minimum Gasteiger partial charge on any atom is -0.376 e. The van der Waals surface area contributed by atoms with Crippen LogP contribution in [-0.4, -0.2) is 23.9 Å². The average molecular weight is 283 g/mol. The Bertz CT molecular complexity index is 593. The molecule has 0 bridgehead atoms. The lowest BCUT2D eigenvalue weighted by molar-refractivity contribution is -0.112. The molecule has 1 N–H and O–H groups in total. The third-order valence-corrected chi connectivity index (χ3v) is 3.70. The molecule has 1 heterocycles. The molecule has 0 aliphatic carbocycles. The third-order valence-electron chi connectivity index (χ3n) is 3.70. The molecule has 0 spiro atoms. The Morgan fingerprint density at radius 1 is 1.29 bits per heavy atom. The summed E-state index contributed by atoms with van der Waals surface area (Å²) in [6.07, 6.45) is 5.15. The summed E-state index contributed by atoms with van der Waals surface area (Å²) in [5.41, 5.74) is 3.07. The van der Waals surface area contributed by atoms with E-state index in [1.165, 1.54) is 6.42 Å². The standard InChI is InChI=1S/C17H21N3O/c1-13-6-7-16(14(2)10-13)19-17(21)15(11-18)12-20-8-4-3-5-9-20/h6-7,10,12H,3-5,8-9H2,1-2H3,(H,19,21)/b15-12-. The molecule has 1 amide bonds. The Hall–Kier alpha value is -2.28. The monoisotopic (exact) mass is 283 g/mol. The zero-order valence-corrected chi connectivity index (χ0v) is 12.6. The summed E-state index contributed by atoms with van der Waals surface area (Å²) in [6.45, 7) is 5.79. The molecule has 1 fully saturated rings. The molecule has 110 valence electrons. The van der Waals surface area contributed by atoms with Crippen molar-refractivity contribution in [2.45, 2.75) is 33.1 Å². The van der Waals surface area contributed by atoms with E-state index in [4.69, 9.17) is 0 Å². The van der Waals surface area contributed by atoms with E-state index in [1.807, 2.05) is 38.1 Å². The van der Waals surface area contributed by atoms with Crippen LogP contribution < -0.4 is 5.32 Å². The summed E-state index contributed by atoms with van der Waals surface area (Å²) >= 11 is 0. The first-order valence-electron chi connectivity index (χ1n) is 7.35. The van der Waals surface area contributed by atoms with E-state index < -0.39 is 0 Å². The highest BCUT2D eigenvalue weighted by Gasteiger charge is 2.14. The summed E-state index contributed by atoms with van der Waals surface area (Å²) in [7, 11) is 0. The van der Waals surface area contributed by atoms with E-state index in [0.29, 0.717) is 0 Å². The highest BCUT2D eigenvalue weighted by atomic mass is 16.1. The molecule has 21 heavy (non-hydrogen) atoms. The number of carbonyl (C=O) groups excluding carboxylic acids is 1. The highest BCUT2D eigenvalue weighted by molar-refractivity contribution is 6.06. The second-order valence-corrected chi connectivity index (χ2v) is 5.52. The van der Waals surface area contributed by atoms with E-state index in [9.17, 15) is 10.1 Å². The zero-order chi connectivity index (χ0) is 15.2. The van der Waals surface area contributed by atoms with E-state index in [2.05, 4.69) is 10.2 Å². The Balaban J connectivity index is 2.09. The van der Waals surface area contributed by atoms with Crippen LogP contribution >= 0.6 is 0 Å². The van der Waals surface area contributed by atoms with E-state index in [1.54, 1.807) is 6.20 Å². The van der Waals surface area contributed by atoms with Gasteiger partial charge in [-0.2, -0.15) is 5.26 Å². The van der Waals surface area contributed by atoms with E-state index >= 15 is 0 Å². The fourth-order valence-corrected chi connectivity index (χ4v) is 2.51.